The molecular weight excluding hydrogens is 337 g/mol. The van der Waals surface area contributed by atoms with Crippen molar-refractivity contribution in [2.24, 2.45) is 0 Å². The highest BCUT2D eigenvalue weighted by Crippen LogP contribution is 2.30. The van der Waals surface area contributed by atoms with Gasteiger partial charge in [-0.15, -0.1) is 0 Å². The average Bonchev–Trinajstić information content (AvgIpc) is 3.12. The molecule has 126 valence electrons. The summed E-state index contributed by atoms with van der Waals surface area (Å²) in [7, 11) is 0. The van der Waals surface area contributed by atoms with Crippen molar-refractivity contribution in [1.29, 1.82) is 0 Å². The second-order valence-electron chi connectivity index (χ2n) is 6.20. The van der Waals surface area contributed by atoms with Gasteiger partial charge in [-0.25, -0.2) is 9.37 Å². The van der Waals surface area contributed by atoms with Gasteiger partial charge in [0.25, 0.3) is 5.91 Å². The van der Waals surface area contributed by atoms with E-state index in [1.165, 1.54) is 23.5 Å². The number of rotatable bonds is 3. The zero-order valence-corrected chi connectivity index (χ0v) is 14.6. The number of nitrogens with one attached hydrogen (secondary N) is 1. The number of aromatic nitrogens is 2. The monoisotopic (exact) mass is 353 g/mol. The number of carbonyl (C=O) groups excluding carboxylic acids is 1. The van der Waals surface area contributed by atoms with Crippen LogP contribution in [0.15, 0.2) is 48.7 Å². The molecule has 0 aliphatic carbocycles. The summed E-state index contributed by atoms with van der Waals surface area (Å²) in [5, 5.41) is 2.90. The number of halogens is 1. The molecule has 6 heteroatoms. The van der Waals surface area contributed by atoms with E-state index >= 15 is 0 Å². The average molecular weight is 353 g/mol. The molecule has 4 rings (SSSR count). The van der Waals surface area contributed by atoms with Crippen LogP contribution in [0.25, 0.3) is 26.4 Å². The van der Waals surface area contributed by atoms with Crippen LogP contribution in [0.5, 0.6) is 0 Å². The van der Waals surface area contributed by atoms with E-state index in [9.17, 15) is 9.18 Å². The third-order valence-electron chi connectivity index (χ3n) is 3.92. The fourth-order valence-electron chi connectivity index (χ4n) is 2.75. The highest BCUT2D eigenvalue weighted by atomic mass is 32.1. The molecule has 0 unspecified atom stereocenters. The number of amides is 1. The van der Waals surface area contributed by atoms with E-state index in [1.54, 1.807) is 12.1 Å². The van der Waals surface area contributed by atoms with E-state index in [1.807, 2.05) is 42.6 Å². The van der Waals surface area contributed by atoms with Gasteiger partial charge < -0.3 is 5.32 Å². The van der Waals surface area contributed by atoms with Gasteiger partial charge in [-0.1, -0.05) is 11.3 Å². The molecular formula is C19H16FN3OS. The maximum absolute atomic E-state index is 13.1. The van der Waals surface area contributed by atoms with Gasteiger partial charge in [0.15, 0.2) is 4.96 Å². The number of carbonyl (C=O) groups is 1. The van der Waals surface area contributed by atoms with Crippen LogP contribution in [0.3, 0.4) is 0 Å². The molecule has 4 aromatic rings. The molecule has 2 aromatic heterocycles. The molecule has 0 spiro atoms. The Morgan fingerprint density at radius 3 is 2.68 bits per heavy atom. The molecule has 0 fully saturated rings. The van der Waals surface area contributed by atoms with E-state index in [4.69, 9.17) is 0 Å². The largest absolute Gasteiger partial charge is 0.350 e. The molecule has 0 radical (unpaired) electrons. The van der Waals surface area contributed by atoms with Crippen LogP contribution in [0.1, 0.15) is 24.2 Å². The molecule has 25 heavy (non-hydrogen) atoms. The first-order chi connectivity index (χ1) is 12.0. The minimum absolute atomic E-state index is 0.0741. The number of fused-ring (bicyclic) bond motifs is 3. The SMILES string of the molecule is CC(C)NC(=O)c1ccc2c(c1)sc1nc(-c3ccc(F)cc3)cn12. The van der Waals surface area contributed by atoms with Crippen molar-refractivity contribution in [3.05, 3.63) is 60.0 Å². The minimum atomic E-state index is -0.262. The summed E-state index contributed by atoms with van der Waals surface area (Å²) in [6.45, 7) is 3.87. The third-order valence-corrected chi connectivity index (χ3v) is 4.93. The van der Waals surface area contributed by atoms with E-state index in [0.29, 0.717) is 5.56 Å². The smallest absolute Gasteiger partial charge is 0.251 e. The second-order valence-corrected chi connectivity index (χ2v) is 7.21. The van der Waals surface area contributed by atoms with E-state index in [0.717, 1.165) is 26.4 Å². The Morgan fingerprint density at radius 1 is 1.20 bits per heavy atom. The summed E-state index contributed by atoms with van der Waals surface area (Å²) < 4.78 is 16.1. The Kier molecular flexibility index (Phi) is 3.77. The van der Waals surface area contributed by atoms with Gasteiger partial charge in [0.2, 0.25) is 0 Å². The molecule has 0 saturated carbocycles. The van der Waals surface area contributed by atoms with Crippen LogP contribution >= 0.6 is 11.3 Å². The maximum atomic E-state index is 13.1. The van der Waals surface area contributed by atoms with Gasteiger partial charge in [-0.3, -0.25) is 9.20 Å². The van der Waals surface area contributed by atoms with Crippen LogP contribution in [-0.2, 0) is 0 Å². The quantitative estimate of drug-likeness (QED) is 0.590. The van der Waals surface area contributed by atoms with Gasteiger partial charge in [0, 0.05) is 23.4 Å². The molecule has 0 aliphatic heterocycles. The van der Waals surface area contributed by atoms with Crippen molar-refractivity contribution in [2.45, 2.75) is 19.9 Å². The molecule has 2 aromatic carbocycles. The second kappa shape index (κ2) is 5.97. The van der Waals surface area contributed by atoms with Crippen LogP contribution in [-0.4, -0.2) is 21.3 Å². The molecule has 2 heterocycles. The van der Waals surface area contributed by atoms with Crippen molar-refractivity contribution in [2.75, 3.05) is 0 Å². The lowest BCUT2D eigenvalue weighted by Crippen LogP contribution is -2.29. The Labute approximate surface area is 147 Å². The molecule has 4 nitrogen and oxygen atoms in total. The van der Waals surface area contributed by atoms with Crippen molar-refractivity contribution >= 4 is 32.4 Å². The van der Waals surface area contributed by atoms with Crippen molar-refractivity contribution in [3.8, 4) is 11.3 Å². The van der Waals surface area contributed by atoms with E-state index in [-0.39, 0.29) is 17.8 Å². The van der Waals surface area contributed by atoms with Gasteiger partial charge in [0.1, 0.15) is 5.82 Å². The van der Waals surface area contributed by atoms with Gasteiger partial charge in [-0.05, 0) is 56.3 Å². The van der Waals surface area contributed by atoms with E-state index in [2.05, 4.69) is 10.3 Å². The molecule has 0 atom stereocenters. The summed E-state index contributed by atoms with van der Waals surface area (Å²) in [4.78, 5) is 17.6. The zero-order valence-electron chi connectivity index (χ0n) is 13.8. The Bertz CT molecular complexity index is 1080. The predicted molar refractivity (Wildman–Crippen MR) is 98.6 cm³/mol. The summed E-state index contributed by atoms with van der Waals surface area (Å²) in [6, 6.07) is 12.1. The summed E-state index contributed by atoms with van der Waals surface area (Å²) in [5.41, 5.74) is 3.32. The van der Waals surface area contributed by atoms with Crippen LogP contribution < -0.4 is 5.32 Å². The molecule has 0 bridgehead atoms. The first-order valence-electron chi connectivity index (χ1n) is 8.00. The maximum Gasteiger partial charge on any atom is 0.251 e. The lowest BCUT2D eigenvalue weighted by atomic mass is 10.2. The molecule has 0 saturated heterocycles. The lowest BCUT2D eigenvalue weighted by molar-refractivity contribution is 0.0943. The fraction of sp³-hybridized carbons (Fsp3) is 0.158. The topological polar surface area (TPSA) is 46.4 Å². The fourth-order valence-corrected chi connectivity index (χ4v) is 3.79. The van der Waals surface area contributed by atoms with Crippen LogP contribution in [0.2, 0.25) is 0 Å². The summed E-state index contributed by atoms with van der Waals surface area (Å²) in [6.07, 6.45) is 1.94. The Hall–Kier alpha value is -2.73. The van der Waals surface area contributed by atoms with Gasteiger partial charge in [0.05, 0.1) is 15.9 Å². The predicted octanol–water partition coefficient (Wildman–Crippen LogP) is 4.49. The third kappa shape index (κ3) is 2.89. The van der Waals surface area contributed by atoms with Gasteiger partial charge in [-0.2, -0.15) is 0 Å². The summed E-state index contributed by atoms with van der Waals surface area (Å²) >= 11 is 1.53. The van der Waals surface area contributed by atoms with Gasteiger partial charge >= 0.3 is 0 Å². The Morgan fingerprint density at radius 2 is 1.96 bits per heavy atom. The normalized spacial score (nSPS) is 11.5. The van der Waals surface area contributed by atoms with Crippen LogP contribution in [0.4, 0.5) is 4.39 Å². The molecule has 1 amide bonds. The number of thiazole rings is 1. The molecule has 1 N–H and O–H groups in total. The first kappa shape index (κ1) is 15.8. The number of nitrogens with zero attached hydrogens (tertiary/aromatic N) is 2. The highest BCUT2D eigenvalue weighted by Gasteiger charge is 2.13. The first-order valence-corrected chi connectivity index (χ1v) is 8.81. The zero-order chi connectivity index (χ0) is 17.6. The highest BCUT2D eigenvalue weighted by molar-refractivity contribution is 7.23. The minimum Gasteiger partial charge on any atom is -0.350 e. The molecule has 0 aliphatic rings. The van der Waals surface area contributed by atoms with Crippen LogP contribution in [0, 0.1) is 5.82 Å². The number of imidazole rings is 1. The van der Waals surface area contributed by atoms with Crippen molar-refractivity contribution in [1.82, 2.24) is 14.7 Å². The number of hydrogen-bond acceptors (Lipinski definition) is 3. The standard InChI is InChI=1S/C19H16FN3OS/c1-11(2)21-18(24)13-5-8-16-17(9-13)25-19-22-15(10-23(16)19)12-3-6-14(20)7-4-12/h3-11H,1-2H3,(H,21,24). The summed E-state index contributed by atoms with van der Waals surface area (Å²) in [5.74, 6) is -0.336. The van der Waals surface area contributed by atoms with Crippen molar-refractivity contribution < 1.29 is 9.18 Å². The Balaban J connectivity index is 1.75. The van der Waals surface area contributed by atoms with Crippen molar-refractivity contribution in [3.63, 3.8) is 0 Å². The number of benzene rings is 2. The van der Waals surface area contributed by atoms with E-state index < -0.39 is 0 Å². The number of hydrogen-bond donors (Lipinski definition) is 1. The lowest BCUT2D eigenvalue weighted by Gasteiger charge is -2.07.